The van der Waals surface area contributed by atoms with Crippen LogP contribution >= 0.6 is 27.5 Å². The van der Waals surface area contributed by atoms with Crippen LogP contribution in [0.3, 0.4) is 0 Å². The van der Waals surface area contributed by atoms with Crippen molar-refractivity contribution in [3.05, 3.63) is 63.5 Å². The number of amides is 1. The number of rotatable bonds is 6. The lowest BCUT2D eigenvalue weighted by molar-refractivity contribution is -0.116. The maximum Gasteiger partial charge on any atom is 0.227 e. The molecule has 0 bridgehead atoms. The number of carbonyl (C=O) groups excluding carboxylic acids is 1. The average Bonchev–Trinajstić information content (AvgIpc) is 3.14. The van der Waals surface area contributed by atoms with Gasteiger partial charge in [0.05, 0.1) is 16.7 Å². The van der Waals surface area contributed by atoms with E-state index in [0.29, 0.717) is 30.4 Å². The third-order valence-electron chi connectivity index (χ3n) is 3.61. The molecule has 0 fully saturated rings. The Morgan fingerprint density at radius 2 is 2.04 bits per heavy atom. The molecule has 3 aromatic rings. The van der Waals surface area contributed by atoms with E-state index in [0.717, 1.165) is 15.7 Å². The predicted octanol–water partition coefficient (Wildman–Crippen LogP) is 3.88. The molecule has 0 aliphatic carbocycles. The van der Waals surface area contributed by atoms with Crippen LogP contribution in [0.2, 0.25) is 5.02 Å². The van der Waals surface area contributed by atoms with E-state index < -0.39 is 0 Å². The SMILES string of the molecule is Cc1ccn(CCC(=O)Nc2nn(Cc3ccccc3Cl)cc2Br)n1. The lowest BCUT2D eigenvalue weighted by atomic mass is 10.2. The Kier molecular flexibility index (Phi) is 5.55. The van der Waals surface area contributed by atoms with E-state index in [-0.39, 0.29) is 5.91 Å². The summed E-state index contributed by atoms with van der Waals surface area (Å²) in [5.41, 5.74) is 1.90. The van der Waals surface area contributed by atoms with Crippen molar-refractivity contribution >= 4 is 39.3 Å². The minimum atomic E-state index is -0.114. The van der Waals surface area contributed by atoms with Gasteiger partial charge in [-0.1, -0.05) is 29.8 Å². The summed E-state index contributed by atoms with van der Waals surface area (Å²) in [7, 11) is 0. The summed E-state index contributed by atoms with van der Waals surface area (Å²) in [5.74, 6) is 0.380. The van der Waals surface area contributed by atoms with Gasteiger partial charge in [-0.05, 0) is 40.5 Å². The number of anilines is 1. The monoisotopic (exact) mass is 421 g/mol. The van der Waals surface area contributed by atoms with Crippen LogP contribution < -0.4 is 5.32 Å². The highest BCUT2D eigenvalue weighted by Gasteiger charge is 2.11. The zero-order valence-corrected chi connectivity index (χ0v) is 16.0. The van der Waals surface area contributed by atoms with Crippen LogP contribution in [0.4, 0.5) is 5.82 Å². The molecular weight excluding hydrogens is 406 g/mol. The van der Waals surface area contributed by atoms with Gasteiger partial charge >= 0.3 is 0 Å². The summed E-state index contributed by atoms with van der Waals surface area (Å²) in [5, 5.41) is 12.2. The van der Waals surface area contributed by atoms with Gasteiger partial charge in [-0.15, -0.1) is 0 Å². The van der Waals surface area contributed by atoms with E-state index in [2.05, 4.69) is 31.4 Å². The third kappa shape index (κ3) is 4.70. The van der Waals surface area contributed by atoms with Crippen LogP contribution in [0.1, 0.15) is 17.7 Å². The molecule has 1 amide bonds. The molecule has 2 heterocycles. The molecule has 0 radical (unpaired) electrons. The number of hydrogen-bond donors (Lipinski definition) is 1. The highest BCUT2D eigenvalue weighted by atomic mass is 79.9. The van der Waals surface area contributed by atoms with Crippen LogP contribution in [0.15, 0.2) is 47.2 Å². The van der Waals surface area contributed by atoms with Crippen molar-refractivity contribution in [3.63, 3.8) is 0 Å². The van der Waals surface area contributed by atoms with Gasteiger partial charge in [0.2, 0.25) is 5.91 Å². The maximum atomic E-state index is 12.1. The molecule has 0 spiro atoms. The Labute approximate surface area is 158 Å². The van der Waals surface area contributed by atoms with Gasteiger partial charge in [-0.25, -0.2) is 0 Å². The Balaban J connectivity index is 1.60. The predicted molar refractivity (Wildman–Crippen MR) is 101 cm³/mol. The van der Waals surface area contributed by atoms with Gasteiger partial charge in [0.1, 0.15) is 0 Å². The Morgan fingerprint density at radius 1 is 1.24 bits per heavy atom. The number of hydrogen-bond acceptors (Lipinski definition) is 3. The van der Waals surface area contributed by atoms with Gasteiger partial charge in [0.15, 0.2) is 5.82 Å². The van der Waals surface area contributed by atoms with Crippen molar-refractivity contribution in [1.82, 2.24) is 19.6 Å². The van der Waals surface area contributed by atoms with Crippen LogP contribution in [-0.2, 0) is 17.9 Å². The van der Waals surface area contributed by atoms with Gasteiger partial charge < -0.3 is 5.32 Å². The van der Waals surface area contributed by atoms with Crippen molar-refractivity contribution in [2.75, 3.05) is 5.32 Å². The first-order valence-corrected chi connectivity index (χ1v) is 8.94. The first-order chi connectivity index (χ1) is 12.0. The van der Waals surface area contributed by atoms with E-state index >= 15 is 0 Å². The molecule has 0 saturated carbocycles. The molecule has 0 saturated heterocycles. The van der Waals surface area contributed by atoms with Crippen LogP contribution in [0.25, 0.3) is 0 Å². The van der Waals surface area contributed by atoms with Crippen LogP contribution in [-0.4, -0.2) is 25.5 Å². The molecule has 0 atom stereocenters. The fourth-order valence-corrected chi connectivity index (χ4v) is 2.97. The minimum Gasteiger partial charge on any atom is -0.308 e. The van der Waals surface area contributed by atoms with Crippen molar-refractivity contribution in [2.24, 2.45) is 0 Å². The van der Waals surface area contributed by atoms with E-state index in [9.17, 15) is 4.79 Å². The number of aromatic nitrogens is 4. The van der Waals surface area contributed by atoms with Gasteiger partial charge in [-0.3, -0.25) is 14.2 Å². The lowest BCUT2D eigenvalue weighted by Gasteiger charge is -2.05. The molecule has 8 heteroatoms. The summed E-state index contributed by atoms with van der Waals surface area (Å²) in [6, 6.07) is 9.51. The fourth-order valence-electron chi connectivity index (χ4n) is 2.36. The van der Waals surface area contributed by atoms with E-state index in [1.807, 2.05) is 49.6 Å². The fraction of sp³-hybridized carbons (Fsp3) is 0.235. The van der Waals surface area contributed by atoms with Crippen molar-refractivity contribution < 1.29 is 4.79 Å². The molecule has 0 aliphatic heterocycles. The zero-order valence-electron chi connectivity index (χ0n) is 13.6. The molecule has 2 aromatic heterocycles. The summed E-state index contributed by atoms with van der Waals surface area (Å²) < 4.78 is 4.21. The largest absolute Gasteiger partial charge is 0.308 e. The van der Waals surface area contributed by atoms with E-state index in [1.54, 1.807) is 9.36 Å². The molecule has 130 valence electrons. The molecular formula is C17H17BrClN5O. The van der Waals surface area contributed by atoms with Crippen molar-refractivity contribution in [3.8, 4) is 0 Å². The minimum absolute atomic E-state index is 0.114. The molecule has 3 rings (SSSR count). The Morgan fingerprint density at radius 3 is 2.76 bits per heavy atom. The zero-order chi connectivity index (χ0) is 17.8. The second-order valence-electron chi connectivity index (χ2n) is 5.63. The second kappa shape index (κ2) is 7.84. The molecule has 25 heavy (non-hydrogen) atoms. The summed E-state index contributed by atoms with van der Waals surface area (Å²) in [6.45, 7) is 2.97. The van der Waals surface area contributed by atoms with Gasteiger partial charge in [0, 0.05) is 30.4 Å². The molecule has 6 nitrogen and oxygen atoms in total. The average molecular weight is 423 g/mol. The van der Waals surface area contributed by atoms with E-state index in [4.69, 9.17) is 11.6 Å². The topological polar surface area (TPSA) is 64.7 Å². The van der Waals surface area contributed by atoms with Gasteiger partial charge in [-0.2, -0.15) is 10.2 Å². The first kappa shape index (κ1) is 17.7. The quantitative estimate of drug-likeness (QED) is 0.655. The Bertz CT molecular complexity index is 889. The first-order valence-electron chi connectivity index (χ1n) is 7.77. The molecule has 1 N–H and O–H groups in total. The second-order valence-corrected chi connectivity index (χ2v) is 6.89. The Hall–Kier alpha value is -2.12. The maximum absolute atomic E-state index is 12.1. The molecule has 0 aliphatic rings. The molecule has 1 aromatic carbocycles. The highest BCUT2D eigenvalue weighted by Crippen LogP contribution is 2.22. The van der Waals surface area contributed by atoms with Crippen molar-refractivity contribution in [2.45, 2.75) is 26.4 Å². The number of nitrogens with one attached hydrogen (secondary N) is 1. The standard InChI is InChI=1S/C17H17BrClN5O/c1-12-6-8-23(21-12)9-7-16(25)20-17-14(18)11-24(22-17)10-13-4-2-3-5-15(13)19/h2-6,8,11H,7,9-10H2,1H3,(H,20,22,25). The number of benzene rings is 1. The third-order valence-corrected chi connectivity index (χ3v) is 4.56. The normalized spacial score (nSPS) is 10.8. The highest BCUT2D eigenvalue weighted by molar-refractivity contribution is 9.10. The number of carbonyl (C=O) groups is 1. The summed E-state index contributed by atoms with van der Waals surface area (Å²) in [4.78, 5) is 12.1. The van der Waals surface area contributed by atoms with E-state index in [1.165, 1.54) is 0 Å². The summed E-state index contributed by atoms with van der Waals surface area (Å²) in [6.07, 6.45) is 4.00. The number of halogens is 2. The van der Waals surface area contributed by atoms with Crippen LogP contribution in [0.5, 0.6) is 0 Å². The molecule has 0 unspecified atom stereocenters. The summed E-state index contributed by atoms with van der Waals surface area (Å²) >= 11 is 9.60. The number of aryl methyl sites for hydroxylation is 2. The van der Waals surface area contributed by atoms with Crippen molar-refractivity contribution in [1.29, 1.82) is 0 Å². The van der Waals surface area contributed by atoms with Gasteiger partial charge in [0.25, 0.3) is 0 Å². The lowest BCUT2D eigenvalue weighted by Crippen LogP contribution is -2.15. The number of nitrogens with zero attached hydrogens (tertiary/aromatic N) is 4. The smallest absolute Gasteiger partial charge is 0.227 e. The van der Waals surface area contributed by atoms with Crippen LogP contribution in [0, 0.1) is 6.92 Å².